The molecule has 35 heavy (non-hydrogen) atoms. The number of aromatic nitrogens is 2. The van der Waals surface area contributed by atoms with Gasteiger partial charge in [0.15, 0.2) is 0 Å². The van der Waals surface area contributed by atoms with E-state index in [0.717, 1.165) is 12.1 Å². The zero-order chi connectivity index (χ0) is 25.1. The Bertz CT molecular complexity index is 1440. The van der Waals surface area contributed by atoms with Crippen molar-refractivity contribution in [1.82, 2.24) is 14.5 Å². The molecule has 0 bridgehead atoms. The SMILES string of the molecule is CCOc1ccc(-n2c(C(C)N(C)C(=O)Nc3ccc(F)cc3F)nc3ccccc3c2=O)cc1. The van der Waals surface area contributed by atoms with Gasteiger partial charge in [-0.25, -0.2) is 18.6 Å². The number of amides is 2. The molecule has 1 heterocycles. The first kappa shape index (κ1) is 23.9. The molecule has 0 aliphatic carbocycles. The molecule has 1 atom stereocenters. The largest absolute Gasteiger partial charge is 0.494 e. The predicted octanol–water partition coefficient (Wildman–Crippen LogP) is 5.29. The maximum Gasteiger partial charge on any atom is 0.322 e. The number of benzene rings is 3. The molecule has 0 aliphatic heterocycles. The van der Waals surface area contributed by atoms with Crippen molar-refractivity contribution >= 4 is 22.6 Å². The van der Waals surface area contributed by atoms with Crippen LogP contribution in [0, 0.1) is 11.6 Å². The Kier molecular flexibility index (Phi) is 6.77. The summed E-state index contributed by atoms with van der Waals surface area (Å²) < 4.78 is 34.2. The fourth-order valence-corrected chi connectivity index (χ4v) is 3.68. The summed E-state index contributed by atoms with van der Waals surface area (Å²) >= 11 is 0. The number of hydrogen-bond acceptors (Lipinski definition) is 4. The van der Waals surface area contributed by atoms with Crippen LogP contribution in [-0.2, 0) is 0 Å². The van der Waals surface area contributed by atoms with Crippen LogP contribution in [0.3, 0.4) is 0 Å². The number of fused-ring (bicyclic) bond motifs is 1. The van der Waals surface area contributed by atoms with Crippen LogP contribution in [0.25, 0.3) is 16.6 Å². The summed E-state index contributed by atoms with van der Waals surface area (Å²) in [5.74, 6) is -0.669. The lowest BCUT2D eigenvalue weighted by Gasteiger charge is -2.27. The van der Waals surface area contributed by atoms with Crippen molar-refractivity contribution in [1.29, 1.82) is 0 Å². The second-order valence-corrected chi connectivity index (χ2v) is 7.90. The number of rotatable bonds is 6. The summed E-state index contributed by atoms with van der Waals surface area (Å²) in [5, 5.41) is 2.86. The Balaban J connectivity index is 1.75. The molecule has 3 aromatic carbocycles. The first-order chi connectivity index (χ1) is 16.8. The fourth-order valence-electron chi connectivity index (χ4n) is 3.68. The summed E-state index contributed by atoms with van der Waals surface area (Å²) in [7, 11) is 1.51. The van der Waals surface area contributed by atoms with E-state index in [1.165, 1.54) is 16.5 Å². The van der Waals surface area contributed by atoms with Gasteiger partial charge in [-0.2, -0.15) is 0 Å². The molecule has 0 aliphatic rings. The number of nitrogens with zero attached hydrogens (tertiary/aromatic N) is 3. The van der Waals surface area contributed by atoms with E-state index >= 15 is 0 Å². The Morgan fingerprint density at radius 1 is 1.11 bits per heavy atom. The lowest BCUT2D eigenvalue weighted by atomic mass is 10.2. The molecule has 1 aromatic heterocycles. The van der Waals surface area contributed by atoms with E-state index in [2.05, 4.69) is 5.32 Å². The molecule has 4 aromatic rings. The van der Waals surface area contributed by atoms with Crippen molar-refractivity contribution in [3.63, 3.8) is 0 Å². The zero-order valence-electron chi connectivity index (χ0n) is 19.5. The van der Waals surface area contributed by atoms with Gasteiger partial charge in [-0.05, 0) is 62.4 Å². The molecular weight excluding hydrogens is 454 g/mol. The van der Waals surface area contributed by atoms with Gasteiger partial charge in [-0.15, -0.1) is 0 Å². The highest BCUT2D eigenvalue weighted by Crippen LogP contribution is 2.24. The van der Waals surface area contributed by atoms with Crippen molar-refractivity contribution in [2.45, 2.75) is 19.9 Å². The van der Waals surface area contributed by atoms with Gasteiger partial charge in [0.2, 0.25) is 0 Å². The highest BCUT2D eigenvalue weighted by Gasteiger charge is 2.25. The number of ether oxygens (including phenoxy) is 1. The fraction of sp³-hybridized carbons (Fsp3) is 0.192. The number of para-hydroxylation sites is 1. The number of halogens is 2. The Morgan fingerprint density at radius 3 is 2.51 bits per heavy atom. The van der Waals surface area contributed by atoms with E-state index in [4.69, 9.17) is 9.72 Å². The van der Waals surface area contributed by atoms with E-state index in [1.807, 2.05) is 6.92 Å². The van der Waals surface area contributed by atoms with Crippen LogP contribution in [0.15, 0.2) is 71.5 Å². The average molecular weight is 478 g/mol. The predicted molar refractivity (Wildman–Crippen MR) is 130 cm³/mol. The van der Waals surface area contributed by atoms with E-state index in [1.54, 1.807) is 55.5 Å². The van der Waals surface area contributed by atoms with Gasteiger partial charge in [0.05, 0.1) is 34.9 Å². The second-order valence-electron chi connectivity index (χ2n) is 7.90. The highest BCUT2D eigenvalue weighted by atomic mass is 19.1. The van der Waals surface area contributed by atoms with Crippen LogP contribution >= 0.6 is 0 Å². The molecule has 2 amide bonds. The Hall–Kier alpha value is -4.27. The van der Waals surface area contributed by atoms with E-state index in [0.29, 0.717) is 40.8 Å². The molecule has 0 radical (unpaired) electrons. The van der Waals surface area contributed by atoms with Gasteiger partial charge in [0, 0.05) is 13.1 Å². The van der Waals surface area contributed by atoms with Crippen molar-refractivity contribution in [3.05, 3.63) is 94.5 Å². The molecule has 7 nitrogen and oxygen atoms in total. The number of hydrogen-bond donors (Lipinski definition) is 1. The topological polar surface area (TPSA) is 76.5 Å². The Labute approximate surface area is 200 Å². The minimum absolute atomic E-state index is 0.161. The number of urea groups is 1. The molecular formula is C26H24F2N4O3. The number of carbonyl (C=O) groups excluding carboxylic acids is 1. The van der Waals surface area contributed by atoms with Gasteiger partial charge in [0.1, 0.15) is 23.2 Å². The van der Waals surface area contributed by atoms with E-state index in [-0.39, 0.29) is 11.2 Å². The van der Waals surface area contributed by atoms with Crippen LogP contribution in [0.4, 0.5) is 19.3 Å². The van der Waals surface area contributed by atoms with Crippen LogP contribution in [-0.4, -0.2) is 34.1 Å². The molecule has 180 valence electrons. The van der Waals surface area contributed by atoms with Gasteiger partial charge in [0.25, 0.3) is 5.56 Å². The van der Waals surface area contributed by atoms with Gasteiger partial charge >= 0.3 is 6.03 Å². The molecule has 1 unspecified atom stereocenters. The Morgan fingerprint density at radius 2 is 1.83 bits per heavy atom. The van der Waals surface area contributed by atoms with Crippen LogP contribution in [0.1, 0.15) is 25.7 Å². The molecule has 9 heteroatoms. The number of nitrogens with one attached hydrogen (secondary N) is 1. The molecule has 0 spiro atoms. The summed E-state index contributed by atoms with van der Waals surface area (Å²) in [5.41, 5.74) is 0.586. The third kappa shape index (κ3) is 4.84. The molecule has 0 saturated carbocycles. The lowest BCUT2D eigenvalue weighted by Crippen LogP contribution is -2.37. The first-order valence-electron chi connectivity index (χ1n) is 11.0. The van der Waals surface area contributed by atoms with Gasteiger partial charge < -0.3 is 15.0 Å². The van der Waals surface area contributed by atoms with Crippen molar-refractivity contribution in [3.8, 4) is 11.4 Å². The minimum atomic E-state index is -0.894. The lowest BCUT2D eigenvalue weighted by molar-refractivity contribution is 0.205. The monoisotopic (exact) mass is 478 g/mol. The summed E-state index contributed by atoms with van der Waals surface area (Å²) in [6.45, 7) is 4.10. The summed E-state index contributed by atoms with van der Waals surface area (Å²) in [6, 6.07) is 15.5. The normalized spacial score (nSPS) is 11.8. The highest BCUT2D eigenvalue weighted by molar-refractivity contribution is 5.89. The summed E-state index contributed by atoms with van der Waals surface area (Å²) in [4.78, 5) is 32.4. The number of carbonyl (C=O) groups is 1. The van der Waals surface area contributed by atoms with Crippen molar-refractivity contribution in [2.24, 2.45) is 0 Å². The average Bonchev–Trinajstić information content (AvgIpc) is 2.85. The van der Waals surface area contributed by atoms with E-state index < -0.39 is 23.7 Å². The van der Waals surface area contributed by atoms with Crippen LogP contribution < -0.4 is 15.6 Å². The number of anilines is 1. The molecule has 0 saturated heterocycles. The molecule has 1 N–H and O–H groups in total. The van der Waals surface area contributed by atoms with E-state index in [9.17, 15) is 18.4 Å². The summed E-state index contributed by atoms with van der Waals surface area (Å²) in [6.07, 6.45) is 0. The second kappa shape index (κ2) is 9.92. The third-order valence-corrected chi connectivity index (χ3v) is 5.66. The van der Waals surface area contributed by atoms with Crippen LogP contribution in [0.2, 0.25) is 0 Å². The zero-order valence-corrected chi connectivity index (χ0v) is 19.5. The standard InChI is InChI=1S/C26H24F2N4O3/c1-4-35-19-12-10-18(11-13-19)32-24(29-22-8-6-5-7-20(22)25(32)33)16(2)31(3)26(34)30-23-14-9-17(27)15-21(23)28/h5-16H,4H2,1-3H3,(H,30,34). The quantitative estimate of drug-likeness (QED) is 0.409. The third-order valence-electron chi connectivity index (χ3n) is 5.66. The maximum atomic E-state index is 14.1. The minimum Gasteiger partial charge on any atom is -0.494 e. The maximum absolute atomic E-state index is 14.1. The van der Waals surface area contributed by atoms with Gasteiger partial charge in [-0.3, -0.25) is 9.36 Å². The molecule has 0 fully saturated rings. The smallest absolute Gasteiger partial charge is 0.322 e. The first-order valence-corrected chi connectivity index (χ1v) is 11.0. The van der Waals surface area contributed by atoms with Crippen molar-refractivity contribution in [2.75, 3.05) is 19.0 Å². The van der Waals surface area contributed by atoms with Gasteiger partial charge in [-0.1, -0.05) is 12.1 Å². The van der Waals surface area contributed by atoms with Crippen molar-refractivity contribution < 1.29 is 18.3 Å². The van der Waals surface area contributed by atoms with Crippen LogP contribution in [0.5, 0.6) is 5.75 Å². The molecule has 4 rings (SSSR count).